The summed E-state index contributed by atoms with van der Waals surface area (Å²) in [5.74, 6) is -0.181. The highest BCUT2D eigenvalue weighted by Crippen LogP contribution is 2.43. The molecule has 4 rings (SSSR count). The van der Waals surface area contributed by atoms with Crippen molar-refractivity contribution >= 4 is 5.91 Å². The van der Waals surface area contributed by atoms with Gasteiger partial charge in [-0.05, 0) is 54.1 Å². The molecule has 0 spiro atoms. The molecule has 3 aromatic rings. The number of benzene rings is 3. The Morgan fingerprint density at radius 2 is 1.55 bits per heavy atom. The third-order valence-electron chi connectivity index (χ3n) is 6.53. The van der Waals surface area contributed by atoms with Gasteiger partial charge in [0, 0.05) is 13.1 Å². The molecule has 1 aliphatic rings. The predicted octanol–water partition coefficient (Wildman–Crippen LogP) is 3.89. The molecule has 2 N–H and O–H groups in total. The summed E-state index contributed by atoms with van der Waals surface area (Å²) in [6.07, 6.45) is 1.83. The summed E-state index contributed by atoms with van der Waals surface area (Å²) in [7, 11) is 0. The van der Waals surface area contributed by atoms with Crippen LogP contribution in [-0.4, -0.2) is 30.4 Å². The molecule has 0 radical (unpaired) electrons. The highest BCUT2D eigenvalue weighted by molar-refractivity contribution is 5.91. The van der Waals surface area contributed by atoms with Crippen molar-refractivity contribution in [3.05, 3.63) is 107 Å². The van der Waals surface area contributed by atoms with Crippen molar-refractivity contribution in [1.82, 2.24) is 4.90 Å². The summed E-state index contributed by atoms with van der Waals surface area (Å²) < 4.78 is 0. The van der Waals surface area contributed by atoms with Crippen molar-refractivity contribution < 1.29 is 4.79 Å². The third kappa shape index (κ3) is 4.10. The molecule has 31 heavy (non-hydrogen) atoms. The molecule has 4 nitrogen and oxygen atoms in total. The second-order valence-corrected chi connectivity index (χ2v) is 8.25. The number of hydrogen-bond acceptors (Lipinski definition) is 3. The quantitative estimate of drug-likeness (QED) is 0.643. The van der Waals surface area contributed by atoms with Gasteiger partial charge in [0.1, 0.15) is 5.41 Å². The fourth-order valence-electron chi connectivity index (χ4n) is 4.95. The summed E-state index contributed by atoms with van der Waals surface area (Å²) in [6, 6.07) is 29.9. The molecule has 4 heteroatoms. The van der Waals surface area contributed by atoms with E-state index in [2.05, 4.69) is 11.0 Å². The van der Waals surface area contributed by atoms with Gasteiger partial charge in [0.15, 0.2) is 0 Å². The Balaban J connectivity index is 1.58. The predicted molar refractivity (Wildman–Crippen MR) is 122 cm³/mol. The van der Waals surface area contributed by atoms with Crippen LogP contribution in [0.2, 0.25) is 0 Å². The van der Waals surface area contributed by atoms with Crippen molar-refractivity contribution in [2.24, 2.45) is 11.7 Å². The van der Waals surface area contributed by atoms with Gasteiger partial charge in [-0.2, -0.15) is 5.26 Å². The Hall–Kier alpha value is -3.42. The Labute approximate surface area is 183 Å². The van der Waals surface area contributed by atoms with Gasteiger partial charge in [0.2, 0.25) is 5.91 Å². The van der Waals surface area contributed by atoms with Crippen LogP contribution in [0.4, 0.5) is 0 Å². The summed E-state index contributed by atoms with van der Waals surface area (Å²) in [4.78, 5) is 15.6. The lowest BCUT2D eigenvalue weighted by atomic mass is 9.64. The van der Waals surface area contributed by atoms with Crippen LogP contribution in [0, 0.1) is 17.2 Å². The molecular formula is C27H27N3O. The summed E-state index contributed by atoms with van der Waals surface area (Å²) >= 11 is 0. The zero-order chi connectivity index (χ0) is 21.7. The lowest BCUT2D eigenvalue weighted by Crippen LogP contribution is -2.49. The van der Waals surface area contributed by atoms with Gasteiger partial charge < -0.3 is 10.6 Å². The number of rotatable bonds is 7. The van der Waals surface area contributed by atoms with E-state index in [0.29, 0.717) is 5.56 Å². The van der Waals surface area contributed by atoms with Gasteiger partial charge in [0.05, 0.1) is 11.6 Å². The summed E-state index contributed by atoms with van der Waals surface area (Å²) in [6.45, 7) is 2.68. The molecule has 0 aliphatic carbocycles. The smallest absolute Gasteiger partial charge is 0.232 e. The largest absolute Gasteiger partial charge is 0.369 e. The van der Waals surface area contributed by atoms with Gasteiger partial charge >= 0.3 is 0 Å². The number of nitrogens with two attached hydrogens (primary N) is 1. The van der Waals surface area contributed by atoms with Gasteiger partial charge in [-0.3, -0.25) is 4.79 Å². The summed E-state index contributed by atoms with van der Waals surface area (Å²) in [5.41, 5.74) is 9.16. The second kappa shape index (κ2) is 9.16. The van der Waals surface area contributed by atoms with Crippen LogP contribution in [0.25, 0.3) is 0 Å². The van der Waals surface area contributed by atoms with Crippen LogP contribution < -0.4 is 5.73 Å². The number of hydrogen-bond donors (Lipinski definition) is 1. The van der Waals surface area contributed by atoms with Crippen LogP contribution in [0.5, 0.6) is 0 Å². The van der Waals surface area contributed by atoms with E-state index in [1.165, 1.54) is 5.56 Å². The zero-order valence-electron chi connectivity index (χ0n) is 17.6. The highest BCUT2D eigenvalue weighted by Gasteiger charge is 2.49. The SMILES string of the molecule is N#Cc1ccc(CCN2CCC(C(C(N)=O)(c3ccccc3)c3ccccc3)C2)cc1. The monoisotopic (exact) mass is 409 g/mol. The van der Waals surface area contributed by atoms with Gasteiger partial charge in [0.25, 0.3) is 0 Å². The fourth-order valence-corrected chi connectivity index (χ4v) is 4.95. The van der Waals surface area contributed by atoms with Crippen LogP contribution in [-0.2, 0) is 16.6 Å². The molecular weight excluding hydrogens is 382 g/mol. The van der Waals surface area contributed by atoms with Crippen LogP contribution in [0.3, 0.4) is 0 Å². The Morgan fingerprint density at radius 1 is 0.968 bits per heavy atom. The molecule has 1 atom stereocenters. The maximum absolute atomic E-state index is 13.1. The van der Waals surface area contributed by atoms with Crippen LogP contribution in [0.1, 0.15) is 28.7 Å². The molecule has 0 aromatic heterocycles. The third-order valence-corrected chi connectivity index (χ3v) is 6.53. The number of nitriles is 1. The number of primary amides is 1. The Morgan fingerprint density at radius 3 is 2.06 bits per heavy atom. The fraction of sp³-hybridized carbons (Fsp3) is 0.259. The molecule has 0 bridgehead atoms. The number of carbonyl (C=O) groups is 1. The summed E-state index contributed by atoms with van der Waals surface area (Å²) in [5, 5.41) is 8.97. The number of nitrogens with zero attached hydrogens (tertiary/aromatic N) is 2. The molecule has 156 valence electrons. The average molecular weight is 410 g/mol. The molecule has 1 heterocycles. The zero-order valence-corrected chi connectivity index (χ0v) is 17.6. The minimum atomic E-state index is -0.842. The number of carbonyl (C=O) groups excluding carboxylic acids is 1. The first-order valence-electron chi connectivity index (χ1n) is 10.8. The topological polar surface area (TPSA) is 70.1 Å². The first-order chi connectivity index (χ1) is 15.1. The minimum Gasteiger partial charge on any atom is -0.369 e. The molecule has 1 amide bonds. The lowest BCUT2D eigenvalue weighted by Gasteiger charge is -2.37. The average Bonchev–Trinajstić information content (AvgIpc) is 3.29. The van der Waals surface area contributed by atoms with Gasteiger partial charge in [-0.15, -0.1) is 0 Å². The molecule has 1 unspecified atom stereocenters. The van der Waals surface area contributed by atoms with Gasteiger partial charge in [-0.25, -0.2) is 0 Å². The Bertz CT molecular complexity index is 1020. The van der Waals surface area contributed by atoms with Crippen molar-refractivity contribution in [1.29, 1.82) is 5.26 Å². The van der Waals surface area contributed by atoms with Crippen LogP contribution >= 0.6 is 0 Å². The maximum atomic E-state index is 13.1. The molecule has 3 aromatic carbocycles. The normalized spacial score (nSPS) is 16.7. The van der Waals surface area contributed by atoms with Crippen molar-refractivity contribution in [3.8, 4) is 6.07 Å². The first-order valence-corrected chi connectivity index (χ1v) is 10.8. The van der Waals surface area contributed by atoms with E-state index < -0.39 is 5.41 Å². The highest BCUT2D eigenvalue weighted by atomic mass is 16.1. The van der Waals surface area contributed by atoms with Crippen LogP contribution in [0.15, 0.2) is 84.9 Å². The second-order valence-electron chi connectivity index (χ2n) is 8.25. The van der Waals surface area contributed by atoms with E-state index in [9.17, 15) is 4.79 Å². The van der Waals surface area contributed by atoms with Crippen molar-refractivity contribution in [3.63, 3.8) is 0 Å². The number of likely N-dealkylation sites (tertiary alicyclic amines) is 1. The lowest BCUT2D eigenvalue weighted by molar-refractivity contribution is -0.123. The van der Waals surface area contributed by atoms with E-state index >= 15 is 0 Å². The van der Waals surface area contributed by atoms with Crippen molar-refractivity contribution in [2.45, 2.75) is 18.3 Å². The van der Waals surface area contributed by atoms with E-state index in [-0.39, 0.29) is 11.8 Å². The van der Waals surface area contributed by atoms with E-state index in [4.69, 9.17) is 11.0 Å². The molecule has 1 saturated heterocycles. The van der Waals surface area contributed by atoms with E-state index in [1.807, 2.05) is 84.9 Å². The standard InChI is InChI=1S/C27H27N3O/c28-19-22-13-11-21(12-14-22)15-17-30-18-16-25(20-30)27(26(29)31,23-7-3-1-4-8-23)24-9-5-2-6-10-24/h1-14,25H,15-18,20H2,(H2,29,31). The molecule has 1 aliphatic heterocycles. The molecule has 1 fully saturated rings. The maximum Gasteiger partial charge on any atom is 0.232 e. The number of amides is 1. The first kappa shape index (κ1) is 20.8. The van der Waals surface area contributed by atoms with E-state index in [0.717, 1.165) is 43.6 Å². The van der Waals surface area contributed by atoms with E-state index in [1.54, 1.807) is 0 Å². The molecule has 0 saturated carbocycles. The Kier molecular flexibility index (Phi) is 6.16. The van der Waals surface area contributed by atoms with Gasteiger partial charge in [-0.1, -0.05) is 72.8 Å². The minimum absolute atomic E-state index is 0.107. The van der Waals surface area contributed by atoms with Crippen molar-refractivity contribution in [2.75, 3.05) is 19.6 Å².